The second kappa shape index (κ2) is 9.91. The largest absolute Gasteiger partial charge is 0.343 e. The minimum absolute atomic E-state index is 0.310. The first kappa shape index (κ1) is 18.2. The van der Waals surface area contributed by atoms with Gasteiger partial charge in [0.2, 0.25) is 11.8 Å². The Bertz CT molecular complexity index is 378. The third-order valence-corrected chi connectivity index (χ3v) is 5.21. The number of nitrogens with zero attached hydrogens (tertiary/aromatic N) is 2. The molecule has 132 valence electrons. The number of unbranched alkanes of at least 4 members (excludes halogenated alkanes) is 3. The monoisotopic (exact) mass is 323 g/mol. The van der Waals surface area contributed by atoms with Gasteiger partial charge >= 0.3 is 0 Å². The molecule has 0 aromatic carbocycles. The average molecular weight is 323 g/mol. The lowest BCUT2D eigenvalue weighted by molar-refractivity contribution is -0.136. The van der Waals surface area contributed by atoms with Crippen LogP contribution >= 0.6 is 0 Å². The van der Waals surface area contributed by atoms with Crippen molar-refractivity contribution in [1.82, 2.24) is 9.80 Å². The molecular formula is C18H33N3O2. The smallest absolute Gasteiger partial charge is 0.222 e. The van der Waals surface area contributed by atoms with Gasteiger partial charge in [-0.2, -0.15) is 0 Å². The molecule has 2 amide bonds. The van der Waals surface area contributed by atoms with E-state index in [0.717, 1.165) is 90.5 Å². The topological polar surface area (TPSA) is 66.6 Å². The molecule has 2 fully saturated rings. The quantitative estimate of drug-likeness (QED) is 0.696. The summed E-state index contributed by atoms with van der Waals surface area (Å²) < 4.78 is 0. The molecule has 2 aliphatic heterocycles. The Hall–Kier alpha value is -1.10. The van der Waals surface area contributed by atoms with Crippen LogP contribution in [0, 0.1) is 5.92 Å². The Morgan fingerprint density at radius 3 is 2.48 bits per heavy atom. The molecule has 0 bridgehead atoms. The van der Waals surface area contributed by atoms with E-state index in [1.165, 1.54) is 0 Å². The predicted octanol–water partition coefficient (Wildman–Crippen LogP) is 2.15. The van der Waals surface area contributed by atoms with Crippen LogP contribution in [0.5, 0.6) is 0 Å². The van der Waals surface area contributed by atoms with E-state index in [1.54, 1.807) is 0 Å². The summed E-state index contributed by atoms with van der Waals surface area (Å²) in [6.45, 7) is 4.32. The molecule has 2 saturated heterocycles. The van der Waals surface area contributed by atoms with Gasteiger partial charge in [-0.3, -0.25) is 9.59 Å². The molecule has 0 atom stereocenters. The van der Waals surface area contributed by atoms with Gasteiger partial charge in [-0.1, -0.05) is 12.8 Å². The predicted molar refractivity (Wildman–Crippen MR) is 91.9 cm³/mol. The maximum absolute atomic E-state index is 12.2. The van der Waals surface area contributed by atoms with Crippen LogP contribution in [0.3, 0.4) is 0 Å². The molecule has 0 aromatic rings. The fourth-order valence-corrected chi connectivity index (χ4v) is 3.66. The van der Waals surface area contributed by atoms with E-state index in [-0.39, 0.29) is 0 Å². The first-order chi connectivity index (χ1) is 11.2. The molecule has 0 aromatic heterocycles. The highest BCUT2D eigenvalue weighted by Gasteiger charge is 2.26. The molecule has 2 aliphatic rings. The number of hydrogen-bond donors (Lipinski definition) is 1. The van der Waals surface area contributed by atoms with Crippen molar-refractivity contribution in [3.05, 3.63) is 0 Å². The maximum Gasteiger partial charge on any atom is 0.222 e. The molecule has 0 spiro atoms. The average Bonchev–Trinajstić information content (AvgIpc) is 2.57. The highest BCUT2D eigenvalue weighted by molar-refractivity contribution is 5.77. The number of piperidine rings is 2. The second-order valence-electron chi connectivity index (χ2n) is 7.07. The number of carbonyl (C=O) groups is 2. The van der Waals surface area contributed by atoms with Crippen LogP contribution in [-0.2, 0) is 9.59 Å². The summed E-state index contributed by atoms with van der Waals surface area (Å²) in [5, 5.41) is 0. The second-order valence-corrected chi connectivity index (χ2v) is 7.07. The molecule has 0 saturated carbocycles. The number of amides is 2. The zero-order valence-corrected chi connectivity index (χ0v) is 14.5. The maximum atomic E-state index is 12.2. The number of carbonyl (C=O) groups excluding carboxylic acids is 2. The summed E-state index contributed by atoms with van der Waals surface area (Å²) >= 11 is 0. The van der Waals surface area contributed by atoms with E-state index in [0.29, 0.717) is 24.2 Å². The number of rotatable bonds is 8. The van der Waals surface area contributed by atoms with Gasteiger partial charge in [0.15, 0.2) is 0 Å². The van der Waals surface area contributed by atoms with Crippen molar-refractivity contribution in [2.45, 2.75) is 64.2 Å². The molecule has 2 heterocycles. The van der Waals surface area contributed by atoms with Gasteiger partial charge < -0.3 is 15.5 Å². The van der Waals surface area contributed by atoms with Gasteiger partial charge in [0.05, 0.1) is 0 Å². The van der Waals surface area contributed by atoms with Crippen molar-refractivity contribution in [2.75, 3.05) is 32.7 Å². The van der Waals surface area contributed by atoms with E-state index >= 15 is 0 Å². The first-order valence-corrected chi connectivity index (χ1v) is 9.46. The van der Waals surface area contributed by atoms with Crippen molar-refractivity contribution in [3.8, 4) is 0 Å². The van der Waals surface area contributed by atoms with Crippen LogP contribution in [0.4, 0.5) is 0 Å². The molecule has 0 aliphatic carbocycles. The molecule has 23 heavy (non-hydrogen) atoms. The number of nitrogens with two attached hydrogens (primary N) is 1. The molecular weight excluding hydrogens is 290 g/mol. The Morgan fingerprint density at radius 1 is 1.04 bits per heavy atom. The summed E-state index contributed by atoms with van der Waals surface area (Å²) in [7, 11) is 0. The van der Waals surface area contributed by atoms with Gasteiger partial charge in [-0.05, 0) is 51.0 Å². The van der Waals surface area contributed by atoms with Crippen molar-refractivity contribution in [2.24, 2.45) is 11.7 Å². The Balaban J connectivity index is 1.61. The molecule has 0 radical (unpaired) electrons. The lowest BCUT2D eigenvalue weighted by Gasteiger charge is -2.36. The highest BCUT2D eigenvalue weighted by Crippen LogP contribution is 2.21. The van der Waals surface area contributed by atoms with E-state index < -0.39 is 0 Å². The van der Waals surface area contributed by atoms with Crippen molar-refractivity contribution >= 4 is 11.8 Å². The normalized spacial score (nSPS) is 20.1. The zero-order chi connectivity index (χ0) is 16.5. The Kier molecular flexibility index (Phi) is 7.86. The van der Waals surface area contributed by atoms with Crippen molar-refractivity contribution < 1.29 is 9.59 Å². The summed E-state index contributed by atoms with van der Waals surface area (Å²) in [4.78, 5) is 28.2. The van der Waals surface area contributed by atoms with Crippen LogP contribution in [0.1, 0.15) is 64.2 Å². The first-order valence-electron chi connectivity index (χ1n) is 9.46. The van der Waals surface area contributed by atoms with Gasteiger partial charge in [0, 0.05) is 39.0 Å². The summed E-state index contributed by atoms with van der Waals surface area (Å²) in [5.41, 5.74) is 5.48. The zero-order valence-electron chi connectivity index (χ0n) is 14.5. The van der Waals surface area contributed by atoms with Gasteiger partial charge in [-0.25, -0.2) is 0 Å². The van der Waals surface area contributed by atoms with E-state index in [2.05, 4.69) is 0 Å². The molecule has 2 rings (SSSR count). The third kappa shape index (κ3) is 6.13. The van der Waals surface area contributed by atoms with Crippen LogP contribution in [-0.4, -0.2) is 54.3 Å². The Labute approximate surface area is 140 Å². The van der Waals surface area contributed by atoms with E-state index in [1.807, 2.05) is 9.80 Å². The van der Waals surface area contributed by atoms with E-state index in [4.69, 9.17) is 5.73 Å². The number of hydrogen-bond acceptors (Lipinski definition) is 3. The van der Waals surface area contributed by atoms with E-state index in [9.17, 15) is 9.59 Å². The minimum atomic E-state index is 0.310. The van der Waals surface area contributed by atoms with Crippen molar-refractivity contribution in [3.63, 3.8) is 0 Å². The minimum Gasteiger partial charge on any atom is -0.343 e. The summed E-state index contributed by atoms with van der Waals surface area (Å²) in [6.07, 6.45) is 9.98. The summed E-state index contributed by atoms with van der Waals surface area (Å²) in [5.74, 6) is 1.21. The fraction of sp³-hybridized carbons (Fsp3) is 0.889. The van der Waals surface area contributed by atoms with Crippen LogP contribution in [0.15, 0.2) is 0 Å². The van der Waals surface area contributed by atoms with Gasteiger partial charge in [0.1, 0.15) is 0 Å². The Morgan fingerprint density at radius 2 is 1.78 bits per heavy atom. The van der Waals surface area contributed by atoms with Crippen LogP contribution < -0.4 is 5.73 Å². The fourth-order valence-electron chi connectivity index (χ4n) is 3.66. The van der Waals surface area contributed by atoms with Gasteiger partial charge in [-0.15, -0.1) is 0 Å². The molecule has 0 unspecified atom stereocenters. The highest BCUT2D eigenvalue weighted by atomic mass is 16.2. The molecule has 5 nitrogen and oxygen atoms in total. The lowest BCUT2D eigenvalue weighted by atomic mass is 9.95. The third-order valence-electron chi connectivity index (χ3n) is 5.21. The van der Waals surface area contributed by atoms with Crippen molar-refractivity contribution in [1.29, 1.82) is 0 Å². The van der Waals surface area contributed by atoms with Gasteiger partial charge in [0.25, 0.3) is 0 Å². The van der Waals surface area contributed by atoms with Crippen LogP contribution in [0.25, 0.3) is 0 Å². The standard InChI is InChI=1S/C18H33N3O2/c19-11-5-2-1-3-7-17(22)20-13-9-16(10-14-20)15-21-12-6-4-8-18(21)23/h16H,1-15,19H2. The van der Waals surface area contributed by atoms with Crippen LogP contribution in [0.2, 0.25) is 0 Å². The summed E-state index contributed by atoms with van der Waals surface area (Å²) in [6, 6.07) is 0. The lowest BCUT2D eigenvalue weighted by Crippen LogP contribution is -2.44. The molecule has 2 N–H and O–H groups in total. The SMILES string of the molecule is NCCCCCCC(=O)N1CCC(CN2CCCCC2=O)CC1. The number of likely N-dealkylation sites (tertiary alicyclic amines) is 2. The molecule has 5 heteroatoms.